The van der Waals surface area contributed by atoms with Gasteiger partial charge < -0.3 is 0 Å². The first-order chi connectivity index (χ1) is 32.7. The second-order valence-electron chi connectivity index (χ2n) is 21.1. The zero-order valence-electron chi connectivity index (χ0n) is 44.0. The minimum Gasteiger partial charge on any atom is -0.143 e. The summed E-state index contributed by atoms with van der Waals surface area (Å²) in [5.74, 6) is 1.67. The van der Waals surface area contributed by atoms with E-state index in [1.165, 1.54) is 289 Å². The fraction of sp³-hybridized carbons (Fsp3) is 0.774. The molecule has 376 valence electrons. The average Bonchev–Trinajstić information content (AvgIpc) is 4.14. The molecule has 0 N–H and O–H groups in total. The molecule has 2 unspecified atom stereocenters. The van der Waals surface area contributed by atoms with Gasteiger partial charge in [-0.25, -0.2) is 0 Å². The van der Waals surface area contributed by atoms with E-state index in [0.29, 0.717) is 0 Å². The molecule has 4 heteroatoms. The summed E-state index contributed by atoms with van der Waals surface area (Å²) >= 11 is 8.16. The molecular weight excluding hydrogens is 873 g/mol. The lowest BCUT2D eigenvalue weighted by Gasteiger charge is -2.18. The summed E-state index contributed by atoms with van der Waals surface area (Å²) in [7, 11) is 0. The first-order valence-electron chi connectivity index (χ1n) is 29.3. The number of fused-ring (bicyclic) bond motifs is 1. The van der Waals surface area contributed by atoms with E-state index in [2.05, 4.69) is 85.4 Å². The number of rotatable bonds is 46. The zero-order chi connectivity index (χ0) is 46.5. The molecular formula is C62H104S4. The Morgan fingerprint density at radius 3 is 0.818 bits per heavy atom. The van der Waals surface area contributed by atoms with Crippen LogP contribution in [0.2, 0.25) is 0 Å². The van der Waals surface area contributed by atoms with Crippen LogP contribution in [0.15, 0.2) is 35.0 Å². The maximum absolute atomic E-state index is 2.57. The van der Waals surface area contributed by atoms with Crippen LogP contribution in [0.5, 0.6) is 0 Å². The van der Waals surface area contributed by atoms with E-state index in [4.69, 9.17) is 0 Å². The Hall–Kier alpha value is -0.940. The maximum Gasteiger partial charge on any atom is 0.0475 e. The summed E-state index contributed by atoms with van der Waals surface area (Å²) in [6.07, 6.45) is 59.8. The Labute approximate surface area is 426 Å². The molecule has 0 amide bonds. The lowest BCUT2D eigenvalue weighted by Crippen LogP contribution is -2.05. The molecule has 0 radical (unpaired) electrons. The molecule has 0 saturated carbocycles. The van der Waals surface area contributed by atoms with Crippen LogP contribution in [0.3, 0.4) is 0 Å². The quantitative estimate of drug-likeness (QED) is 0.0387. The van der Waals surface area contributed by atoms with Crippen molar-refractivity contribution in [3.8, 4) is 19.5 Å². The van der Waals surface area contributed by atoms with E-state index >= 15 is 0 Å². The molecule has 4 aromatic heterocycles. The molecule has 0 nitrogen and oxygen atoms in total. The van der Waals surface area contributed by atoms with E-state index in [1.807, 2.05) is 22.7 Å². The Morgan fingerprint density at radius 2 is 0.561 bits per heavy atom. The van der Waals surface area contributed by atoms with Crippen molar-refractivity contribution < 1.29 is 0 Å². The van der Waals surface area contributed by atoms with Crippen LogP contribution in [0.1, 0.15) is 296 Å². The van der Waals surface area contributed by atoms with Crippen molar-refractivity contribution in [2.24, 2.45) is 11.8 Å². The largest absolute Gasteiger partial charge is 0.143 e. The maximum atomic E-state index is 2.57. The number of unbranched alkanes of at least 4 members (excludes halogenated alkanes) is 32. The first-order valence-corrected chi connectivity index (χ1v) is 32.7. The first kappa shape index (κ1) is 57.6. The third kappa shape index (κ3) is 24.8. The van der Waals surface area contributed by atoms with E-state index in [1.54, 1.807) is 20.9 Å². The van der Waals surface area contributed by atoms with Gasteiger partial charge in [0.25, 0.3) is 0 Å². The van der Waals surface area contributed by atoms with Crippen molar-refractivity contribution in [2.45, 2.75) is 297 Å². The fourth-order valence-electron chi connectivity index (χ4n) is 10.8. The Kier molecular flexibility index (Phi) is 33.9. The van der Waals surface area contributed by atoms with Gasteiger partial charge in [-0.2, -0.15) is 0 Å². The van der Waals surface area contributed by atoms with Crippen LogP contribution in [-0.2, 0) is 12.8 Å². The number of hydrogen-bond acceptors (Lipinski definition) is 4. The van der Waals surface area contributed by atoms with Gasteiger partial charge in [-0.3, -0.25) is 0 Å². The van der Waals surface area contributed by atoms with Gasteiger partial charge in [0.1, 0.15) is 0 Å². The molecule has 0 aromatic carbocycles. The summed E-state index contributed by atoms with van der Waals surface area (Å²) in [6, 6.07) is 10.1. The minimum atomic E-state index is 0.835. The SMILES string of the molecule is CCCCCCCCCCCCC(CCCCCCCCCC)Cc1ccsc1-c1cc2sc(-c3sccc3CC(CCCCCCCCCC)CCCCCCCCCCCC)cc2s1. The third-order valence-electron chi connectivity index (χ3n) is 15.0. The van der Waals surface area contributed by atoms with Crippen molar-refractivity contribution in [3.63, 3.8) is 0 Å². The average molecular weight is 978 g/mol. The molecule has 0 spiro atoms. The van der Waals surface area contributed by atoms with Crippen LogP contribution in [-0.4, -0.2) is 0 Å². The molecule has 0 saturated heterocycles. The highest BCUT2D eigenvalue weighted by Gasteiger charge is 2.20. The highest BCUT2D eigenvalue weighted by molar-refractivity contribution is 7.33. The Morgan fingerprint density at radius 1 is 0.318 bits per heavy atom. The second kappa shape index (κ2) is 38.8. The molecule has 0 aliphatic carbocycles. The van der Waals surface area contributed by atoms with Gasteiger partial charge in [-0.15, -0.1) is 45.3 Å². The molecule has 0 bridgehead atoms. The van der Waals surface area contributed by atoms with Crippen molar-refractivity contribution in [1.82, 2.24) is 0 Å². The van der Waals surface area contributed by atoms with Crippen molar-refractivity contribution >= 4 is 54.7 Å². The molecule has 66 heavy (non-hydrogen) atoms. The van der Waals surface area contributed by atoms with E-state index in [-0.39, 0.29) is 0 Å². The second-order valence-corrected chi connectivity index (χ2v) is 25.1. The molecule has 2 atom stereocenters. The van der Waals surface area contributed by atoms with Crippen LogP contribution in [0.4, 0.5) is 0 Å². The predicted molar refractivity (Wildman–Crippen MR) is 308 cm³/mol. The summed E-state index contributed by atoms with van der Waals surface area (Å²) in [5, 5.41) is 4.80. The van der Waals surface area contributed by atoms with Gasteiger partial charge in [0.15, 0.2) is 0 Å². The summed E-state index contributed by atoms with van der Waals surface area (Å²) in [5.41, 5.74) is 3.27. The predicted octanol–water partition coefficient (Wildman–Crippen LogP) is 24.4. The highest BCUT2D eigenvalue weighted by atomic mass is 32.1. The summed E-state index contributed by atoms with van der Waals surface area (Å²) in [6.45, 7) is 9.32. The number of hydrogen-bond donors (Lipinski definition) is 0. The van der Waals surface area contributed by atoms with Gasteiger partial charge in [0.05, 0.1) is 0 Å². The molecule has 4 heterocycles. The van der Waals surface area contributed by atoms with Gasteiger partial charge in [-0.1, -0.05) is 285 Å². The normalized spacial score (nSPS) is 12.8. The zero-order valence-corrected chi connectivity index (χ0v) is 47.2. The van der Waals surface area contributed by atoms with Gasteiger partial charge in [-0.05, 0) is 70.8 Å². The molecule has 0 aliphatic rings. The monoisotopic (exact) mass is 977 g/mol. The van der Waals surface area contributed by atoms with Crippen molar-refractivity contribution in [2.75, 3.05) is 0 Å². The molecule has 4 rings (SSSR count). The van der Waals surface area contributed by atoms with E-state index in [9.17, 15) is 0 Å². The van der Waals surface area contributed by atoms with Crippen LogP contribution in [0, 0.1) is 11.8 Å². The lowest BCUT2D eigenvalue weighted by atomic mass is 9.88. The van der Waals surface area contributed by atoms with Gasteiger partial charge in [0, 0.05) is 28.9 Å². The summed E-state index contributed by atoms with van der Waals surface area (Å²) < 4.78 is 3.01. The number of thiophene rings is 4. The standard InChI is InChI=1S/C62H104S4/c1-5-9-13-17-21-25-27-31-35-39-43-53(41-37-33-29-23-19-15-11-7-3)49-55-45-47-63-61(55)59-51-57-58(65-59)52-60(66-57)62-56(46-48-64-62)50-54(42-38-34-30-24-20-16-12-8-4)44-40-36-32-28-26-22-18-14-10-6-2/h45-48,51-54H,5-44,49-50H2,1-4H3. The van der Waals surface area contributed by atoms with Crippen molar-refractivity contribution in [1.29, 1.82) is 0 Å². The molecule has 4 aromatic rings. The van der Waals surface area contributed by atoms with Gasteiger partial charge in [0.2, 0.25) is 0 Å². The molecule has 0 aliphatic heterocycles. The minimum absolute atomic E-state index is 0.835. The fourth-order valence-corrected chi connectivity index (χ4v) is 15.4. The van der Waals surface area contributed by atoms with Crippen LogP contribution < -0.4 is 0 Å². The van der Waals surface area contributed by atoms with Crippen LogP contribution in [0.25, 0.3) is 28.9 Å². The topological polar surface area (TPSA) is 0 Å². The highest BCUT2D eigenvalue weighted by Crippen LogP contribution is 2.46. The van der Waals surface area contributed by atoms with Crippen LogP contribution >= 0.6 is 45.3 Å². The molecule has 0 fully saturated rings. The van der Waals surface area contributed by atoms with E-state index < -0.39 is 0 Å². The smallest absolute Gasteiger partial charge is 0.0475 e. The van der Waals surface area contributed by atoms with E-state index in [0.717, 1.165) is 11.8 Å². The van der Waals surface area contributed by atoms with Crippen molar-refractivity contribution in [3.05, 3.63) is 46.2 Å². The van der Waals surface area contributed by atoms with Gasteiger partial charge >= 0.3 is 0 Å². The Balaban J connectivity index is 1.33. The summed E-state index contributed by atoms with van der Waals surface area (Å²) in [4.78, 5) is 6.18. The third-order valence-corrected chi connectivity index (χ3v) is 19.6. The lowest BCUT2D eigenvalue weighted by molar-refractivity contribution is 0.400. The Bertz CT molecular complexity index is 1520.